The Bertz CT molecular complexity index is 909. The van der Waals surface area contributed by atoms with Gasteiger partial charge in [-0.1, -0.05) is 29.8 Å². The Hall–Kier alpha value is -3.19. The molecule has 0 aliphatic carbocycles. The lowest BCUT2D eigenvalue weighted by Gasteiger charge is -2.10. The molecule has 2 amide bonds. The lowest BCUT2D eigenvalue weighted by atomic mass is 10.1. The highest BCUT2D eigenvalue weighted by molar-refractivity contribution is 6.31. The Morgan fingerprint density at radius 3 is 2.54 bits per heavy atom. The number of halogens is 1. The molecular formula is C18H16ClN3O4. The maximum Gasteiger partial charge on any atom is 0.272 e. The fourth-order valence-electron chi connectivity index (χ4n) is 2.11. The molecule has 0 aliphatic heterocycles. The number of non-ortho nitro benzene ring substituents is 1. The van der Waals surface area contributed by atoms with E-state index in [0.29, 0.717) is 16.3 Å². The van der Waals surface area contributed by atoms with E-state index in [4.69, 9.17) is 11.6 Å². The molecule has 0 spiro atoms. The Labute approximate surface area is 154 Å². The van der Waals surface area contributed by atoms with Crippen LogP contribution < -0.4 is 10.6 Å². The van der Waals surface area contributed by atoms with Gasteiger partial charge in [0, 0.05) is 29.8 Å². The molecule has 0 fully saturated rings. The minimum absolute atomic E-state index is 0.0466. The zero-order valence-electron chi connectivity index (χ0n) is 14.1. The maximum absolute atomic E-state index is 12.5. The largest absolute Gasteiger partial charge is 0.322 e. The number of hydrogen-bond acceptors (Lipinski definition) is 4. The van der Waals surface area contributed by atoms with Crippen LogP contribution in [0.5, 0.6) is 0 Å². The summed E-state index contributed by atoms with van der Waals surface area (Å²) in [5.41, 5.74) is 1.56. The number of hydrogen-bond donors (Lipinski definition) is 2. The van der Waals surface area contributed by atoms with Crippen molar-refractivity contribution in [1.82, 2.24) is 5.32 Å². The third-order valence-electron chi connectivity index (χ3n) is 3.38. The van der Waals surface area contributed by atoms with Crippen molar-refractivity contribution in [3.8, 4) is 0 Å². The van der Waals surface area contributed by atoms with E-state index in [2.05, 4.69) is 10.6 Å². The highest BCUT2D eigenvalue weighted by Gasteiger charge is 2.13. The summed E-state index contributed by atoms with van der Waals surface area (Å²) >= 11 is 6.04. The van der Waals surface area contributed by atoms with Gasteiger partial charge < -0.3 is 10.6 Å². The molecule has 26 heavy (non-hydrogen) atoms. The van der Waals surface area contributed by atoms with Crippen LogP contribution in [0.15, 0.2) is 48.2 Å². The number of carbonyl (C=O) groups excluding carboxylic acids is 2. The third kappa shape index (κ3) is 5.15. The summed E-state index contributed by atoms with van der Waals surface area (Å²) in [4.78, 5) is 34.2. The number of carbonyl (C=O) groups is 2. The van der Waals surface area contributed by atoms with Gasteiger partial charge in [-0.3, -0.25) is 19.7 Å². The molecule has 0 bridgehead atoms. The van der Waals surface area contributed by atoms with Gasteiger partial charge in [0.2, 0.25) is 5.91 Å². The quantitative estimate of drug-likeness (QED) is 0.474. The first-order chi connectivity index (χ1) is 12.3. The minimum Gasteiger partial charge on any atom is -0.322 e. The topological polar surface area (TPSA) is 101 Å². The van der Waals surface area contributed by atoms with Gasteiger partial charge in [0.15, 0.2) is 0 Å². The van der Waals surface area contributed by atoms with Crippen LogP contribution >= 0.6 is 11.6 Å². The van der Waals surface area contributed by atoms with Crippen molar-refractivity contribution in [3.05, 3.63) is 74.4 Å². The van der Waals surface area contributed by atoms with Gasteiger partial charge in [-0.05, 0) is 36.3 Å². The molecule has 8 heteroatoms. The van der Waals surface area contributed by atoms with Gasteiger partial charge in [-0.15, -0.1) is 0 Å². The molecule has 0 radical (unpaired) electrons. The number of nitrogens with zero attached hydrogens (tertiary/aromatic N) is 1. The molecule has 0 saturated carbocycles. The van der Waals surface area contributed by atoms with Gasteiger partial charge in [-0.2, -0.15) is 0 Å². The van der Waals surface area contributed by atoms with Crippen molar-refractivity contribution < 1.29 is 14.5 Å². The normalized spacial score (nSPS) is 11.0. The lowest BCUT2D eigenvalue weighted by Crippen LogP contribution is -2.28. The predicted octanol–water partition coefficient (Wildman–Crippen LogP) is 3.67. The molecule has 0 atom stereocenters. The van der Waals surface area contributed by atoms with Crippen molar-refractivity contribution in [2.24, 2.45) is 0 Å². The molecule has 7 nitrogen and oxygen atoms in total. The van der Waals surface area contributed by atoms with E-state index in [-0.39, 0.29) is 11.4 Å². The molecule has 0 unspecified atom stereocenters. The van der Waals surface area contributed by atoms with E-state index < -0.39 is 16.7 Å². The summed E-state index contributed by atoms with van der Waals surface area (Å²) in [7, 11) is 0. The molecule has 0 saturated heterocycles. The highest BCUT2D eigenvalue weighted by Crippen LogP contribution is 2.21. The first-order valence-electron chi connectivity index (χ1n) is 7.57. The number of nitrogens with one attached hydrogen (secondary N) is 2. The second-order valence-electron chi connectivity index (χ2n) is 5.51. The zero-order valence-corrected chi connectivity index (χ0v) is 14.8. The van der Waals surface area contributed by atoms with Gasteiger partial charge >= 0.3 is 0 Å². The Balaban J connectivity index is 2.32. The molecule has 0 heterocycles. The fraction of sp³-hybridized carbons (Fsp3) is 0.111. The maximum atomic E-state index is 12.5. The first kappa shape index (κ1) is 19.1. The number of rotatable bonds is 5. The number of nitro benzene ring substituents is 1. The van der Waals surface area contributed by atoms with Crippen LogP contribution in [0, 0.1) is 17.0 Å². The average molecular weight is 374 g/mol. The van der Waals surface area contributed by atoms with Crippen LogP contribution in [0.2, 0.25) is 5.02 Å². The van der Waals surface area contributed by atoms with Crippen LogP contribution in [0.1, 0.15) is 18.1 Å². The van der Waals surface area contributed by atoms with Crippen molar-refractivity contribution in [2.45, 2.75) is 13.8 Å². The number of nitro groups is 1. The van der Waals surface area contributed by atoms with Gasteiger partial charge in [-0.25, -0.2) is 0 Å². The highest BCUT2D eigenvalue weighted by atomic mass is 35.5. The van der Waals surface area contributed by atoms with Crippen molar-refractivity contribution in [1.29, 1.82) is 0 Å². The molecule has 2 aromatic rings. The second-order valence-corrected chi connectivity index (χ2v) is 5.92. The van der Waals surface area contributed by atoms with Crippen molar-refractivity contribution in [3.63, 3.8) is 0 Å². The Kier molecular flexibility index (Phi) is 6.08. The monoisotopic (exact) mass is 373 g/mol. The van der Waals surface area contributed by atoms with Crippen LogP contribution in [0.4, 0.5) is 11.4 Å². The van der Waals surface area contributed by atoms with Gasteiger partial charge in [0.1, 0.15) is 5.70 Å². The number of amides is 2. The SMILES string of the molecule is CC(=O)NC(=Cc1cccc([N+](=O)[O-])c1)C(=O)Nc1ccc(C)c(Cl)c1. The van der Waals surface area contributed by atoms with Crippen molar-refractivity contribution in [2.75, 3.05) is 5.32 Å². The van der Waals surface area contributed by atoms with Gasteiger partial charge in [0.25, 0.3) is 11.6 Å². The summed E-state index contributed by atoms with van der Waals surface area (Å²) in [6.45, 7) is 3.09. The van der Waals surface area contributed by atoms with E-state index >= 15 is 0 Å². The second kappa shape index (κ2) is 8.26. The molecule has 2 rings (SSSR count). The molecule has 0 aromatic heterocycles. The summed E-state index contributed by atoms with van der Waals surface area (Å²) in [6, 6.07) is 10.7. The molecular weight excluding hydrogens is 358 g/mol. The number of aryl methyl sites for hydroxylation is 1. The molecule has 2 N–H and O–H groups in total. The summed E-state index contributed by atoms with van der Waals surface area (Å²) in [5, 5.41) is 16.4. The fourth-order valence-corrected chi connectivity index (χ4v) is 2.29. The van der Waals surface area contributed by atoms with Crippen LogP contribution in [0.25, 0.3) is 6.08 Å². The minimum atomic E-state index is -0.577. The molecule has 0 aliphatic rings. The lowest BCUT2D eigenvalue weighted by molar-refractivity contribution is -0.384. The Morgan fingerprint density at radius 1 is 1.19 bits per heavy atom. The number of benzene rings is 2. The zero-order chi connectivity index (χ0) is 19.3. The molecule has 134 valence electrons. The smallest absolute Gasteiger partial charge is 0.272 e. The van der Waals surface area contributed by atoms with Crippen LogP contribution in [-0.4, -0.2) is 16.7 Å². The van der Waals surface area contributed by atoms with E-state index in [1.54, 1.807) is 24.3 Å². The molecule has 2 aromatic carbocycles. The van der Waals surface area contributed by atoms with E-state index in [0.717, 1.165) is 5.56 Å². The summed E-state index contributed by atoms with van der Waals surface area (Å²) in [6.07, 6.45) is 1.36. The predicted molar refractivity (Wildman–Crippen MR) is 99.7 cm³/mol. The van der Waals surface area contributed by atoms with E-state index in [1.165, 1.54) is 31.2 Å². The third-order valence-corrected chi connectivity index (χ3v) is 3.78. The van der Waals surface area contributed by atoms with Crippen LogP contribution in [-0.2, 0) is 9.59 Å². The van der Waals surface area contributed by atoms with E-state index in [9.17, 15) is 19.7 Å². The van der Waals surface area contributed by atoms with Crippen molar-refractivity contribution >= 4 is 40.9 Å². The van der Waals surface area contributed by atoms with Crippen LogP contribution in [0.3, 0.4) is 0 Å². The summed E-state index contributed by atoms with van der Waals surface area (Å²) < 4.78 is 0. The van der Waals surface area contributed by atoms with E-state index in [1.807, 2.05) is 6.92 Å². The standard InChI is InChI=1S/C18H16ClN3O4/c1-11-6-7-14(10-16(11)19)21-18(24)17(20-12(2)23)9-13-4-3-5-15(8-13)22(25)26/h3-10H,1-2H3,(H,20,23)(H,21,24). The first-order valence-corrected chi connectivity index (χ1v) is 7.95. The van der Waals surface area contributed by atoms with Gasteiger partial charge in [0.05, 0.1) is 4.92 Å². The average Bonchev–Trinajstić information content (AvgIpc) is 2.57. The summed E-state index contributed by atoms with van der Waals surface area (Å²) in [5.74, 6) is -1.02. The Morgan fingerprint density at radius 2 is 1.92 bits per heavy atom. The number of anilines is 1.